The quantitative estimate of drug-likeness (QED) is 0.903. The number of rotatable bonds is 5. The van der Waals surface area contributed by atoms with Crippen molar-refractivity contribution in [2.75, 3.05) is 25.0 Å². The van der Waals surface area contributed by atoms with E-state index in [1.807, 2.05) is 0 Å². The van der Waals surface area contributed by atoms with E-state index in [9.17, 15) is 0 Å². The number of anilines is 1. The summed E-state index contributed by atoms with van der Waals surface area (Å²) in [4.78, 5) is 11.2. The smallest absolute Gasteiger partial charge is 0.254 e. The highest BCUT2D eigenvalue weighted by Crippen LogP contribution is 2.15. The summed E-state index contributed by atoms with van der Waals surface area (Å²) in [6.07, 6.45) is 3.00. The Hall–Kier alpha value is -1.73. The summed E-state index contributed by atoms with van der Waals surface area (Å²) in [5.41, 5.74) is 1.02. The maximum atomic E-state index is 5.81. The van der Waals surface area contributed by atoms with Gasteiger partial charge in [0.1, 0.15) is 12.1 Å². The van der Waals surface area contributed by atoms with Crippen LogP contribution in [0.1, 0.15) is 33.4 Å². The van der Waals surface area contributed by atoms with Crippen LogP contribution in [0, 0.1) is 0 Å². The van der Waals surface area contributed by atoms with Crippen LogP contribution in [0.4, 0.5) is 5.82 Å². The summed E-state index contributed by atoms with van der Waals surface area (Å²) in [6, 6.07) is 2.47. The van der Waals surface area contributed by atoms with Gasteiger partial charge < -0.3 is 10.1 Å². The minimum atomic E-state index is 0.288. The lowest BCUT2D eigenvalue weighted by atomic mass is 10.1. The molecular formula is C16H26N6O. The van der Waals surface area contributed by atoms with Gasteiger partial charge in [-0.15, -0.1) is 0 Å². The molecule has 1 aliphatic heterocycles. The van der Waals surface area contributed by atoms with E-state index in [1.165, 1.54) is 0 Å². The van der Waals surface area contributed by atoms with Crippen molar-refractivity contribution in [2.45, 2.75) is 52.4 Å². The van der Waals surface area contributed by atoms with Crippen LogP contribution < -0.4 is 5.32 Å². The van der Waals surface area contributed by atoms with Gasteiger partial charge >= 0.3 is 0 Å². The maximum absolute atomic E-state index is 5.81. The van der Waals surface area contributed by atoms with Crippen LogP contribution in [0.15, 0.2) is 12.4 Å². The van der Waals surface area contributed by atoms with Crippen molar-refractivity contribution in [3.63, 3.8) is 0 Å². The Morgan fingerprint density at radius 3 is 2.78 bits per heavy atom. The second-order valence-corrected chi connectivity index (χ2v) is 6.40. The second-order valence-electron chi connectivity index (χ2n) is 6.40. The fourth-order valence-corrected chi connectivity index (χ4v) is 3.13. The van der Waals surface area contributed by atoms with Crippen molar-refractivity contribution in [1.29, 1.82) is 0 Å². The van der Waals surface area contributed by atoms with E-state index in [4.69, 9.17) is 4.74 Å². The average molecular weight is 318 g/mol. The first-order valence-electron chi connectivity index (χ1n) is 8.39. The van der Waals surface area contributed by atoms with Crippen molar-refractivity contribution in [1.82, 2.24) is 24.5 Å². The number of ether oxygens (including phenoxy) is 1. The normalized spacial score (nSPS) is 24.0. The molecule has 0 saturated carbocycles. The molecule has 7 nitrogen and oxygen atoms in total. The highest BCUT2D eigenvalue weighted by Gasteiger charge is 2.25. The van der Waals surface area contributed by atoms with Crippen LogP contribution in [0.25, 0.3) is 5.78 Å². The van der Waals surface area contributed by atoms with Gasteiger partial charge in [-0.2, -0.15) is 14.6 Å². The number of fused-ring (bicyclic) bond motifs is 1. The molecule has 1 saturated heterocycles. The molecule has 0 aliphatic carbocycles. The third-order valence-corrected chi connectivity index (χ3v) is 4.32. The van der Waals surface area contributed by atoms with Crippen LogP contribution >= 0.6 is 0 Å². The summed E-state index contributed by atoms with van der Waals surface area (Å²) in [5.74, 6) is 1.60. The van der Waals surface area contributed by atoms with E-state index in [0.29, 0.717) is 11.8 Å². The van der Waals surface area contributed by atoms with Gasteiger partial charge in [0, 0.05) is 37.4 Å². The molecule has 3 heterocycles. The van der Waals surface area contributed by atoms with E-state index >= 15 is 0 Å². The Labute approximate surface area is 137 Å². The predicted molar refractivity (Wildman–Crippen MR) is 89.7 cm³/mol. The number of hydrogen-bond acceptors (Lipinski definition) is 6. The third kappa shape index (κ3) is 3.61. The fourth-order valence-electron chi connectivity index (χ4n) is 3.13. The summed E-state index contributed by atoms with van der Waals surface area (Å²) >= 11 is 0. The molecular weight excluding hydrogens is 292 g/mol. The number of hydrogen-bond donors (Lipinski definition) is 1. The summed E-state index contributed by atoms with van der Waals surface area (Å²) in [7, 11) is 0. The van der Waals surface area contributed by atoms with Crippen LogP contribution in [0.5, 0.6) is 0 Å². The summed E-state index contributed by atoms with van der Waals surface area (Å²) in [6.45, 7) is 11.4. The minimum Gasteiger partial charge on any atom is -0.373 e. The molecule has 3 rings (SSSR count). The number of morpholine rings is 1. The lowest BCUT2D eigenvalue weighted by Gasteiger charge is -2.39. The molecule has 1 aliphatic rings. The Kier molecular flexibility index (Phi) is 4.77. The lowest BCUT2D eigenvalue weighted by Crippen LogP contribution is -2.51. The molecule has 1 fully saturated rings. The molecule has 0 amide bonds. The van der Waals surface area contributed by atoms with Crippen molar-refractivity contribution < 1.29 is 4.74 Å². The molecule has 0 unspecified atom stereocenters. The molecule has 126 valence electrons. The number of aryl methyl sites for hydroxylation is 1. The maximum Gasteiger partial charge on any atom is 0.254 e. The van der Waals surface area contributed by atoms with E-state index in [0.717, 1.165) is 37.6 Å². The Morgan fingerprint density at radius 2 is 2.09 bits per heavy atom. The standard InChI is InChI=1S/C16H26N6O/c1-5-14-6-15(22-16(20-14)18-10-19-22)17-7-11(2)21-8-12(3)23-13(4)9-21/h6,10-13,17H,5,7-9H2,1-4H3/t11-,12+,13+/m0/s1. The van der Waals surface area contributed by atoms with Gasteiger partial charge in [0.15, 0.2) is 0 Å². The van der Waals surface area contributed by atoms with E-state index in [-0.39, 0.29) is 12.2 Å². The molecule has 0 radical (unpaired) electrons. The zero-order valence-electron chi connectivity index (χ0n) is 14.4. The summed E-state index contributed by atoms with van der Waals surface area (Å²) < 4.78 is 7.57. The van der Waals surface area contributed by atoms with Crippen LogP contribution in [0.3, 0.4) is 0 Å². The van der Waals surface area contributed by atoms with Gasteiger partial charge in [0.05, 0.1) is 12.2 Å². The van der Waals surface area contributed by atoms with Gasteiger partial charge in [-0.1, -0.05) is 6.92 Å². The Morgan fingerprint density at radius 1 is 1.35 bits per heavy atom. The molecule has 0 aromatic carbocycles. The van der Waals surface area contributed by atoms with Crippen LogP contribution in [-0.4, -0.2) is 62.4 Å². The van der Waals surface area contributed by atoms with Gasteiger partial charge in [0.2, 0.25) is 0 Å². The van der Waals surface area contributed by atoms with Crippen LogP contribution in [0.2, 0.25) is 0 Å². The van der Waals surface area contributed by atoms with E-state index in [2.05, 4.69) is 59.0 Å². The first kappa shape index (κ1) is 16.1. The van der Waals surface area contributed by atoms with E-state index < -0.39 is 0 Å². The zero-order chi connectivity index (χ0) is 16.4. The second kappa shape index (κ2) is 6.80. The fraction of sp³-hybridized carbons (Fsp3) is 0.688. The number of nitrogens with one attached hydrogen (secondary N) is 1. The van der Waals surface area contributed by atoms with Gasteiger partial charge in [-0.3, -0.25) is 4.90 Å². The van der Waals surface area contributed by atoms with Gasteiger partial charge in [-0.05, 0) is 27.2 Å². The third-order valence-electron chi connectivity index (χ3n) is 4.32. The van der Waals surface area contributed by atoms with Crippen molar-refractivity contribution in [3.05, 3.63) is 18.1 Å². The van der Waals surface area contributed by atoms with Crippen molar-refractivity contribution in [2.24, 2.45) is 0 Å². The monoisotopic (exact) mass is 318 g/mol. The molecule has 1 N–H and O–H groups in total. The van der Waals surface area contributed by atoms with Crippen LogP contribution in [-0.2, 0) is 11.2 Å². The Bertz CT molecular complexity index is 647. The molecule has 2 aromatic heterocycles. The largest absolute Gasteiger partial charge is 0.373 e. The number of nitrogens with zero attached hydrogens (tertiary/aromatic N) is 5. The predicted octanol–water partition coefficient (Wildman–Crippen LogP) is 1.60. The molecule has 3 atom stereocenters. The first-order valence-corrected chi connectivity index (χ1v) is 8.39. The zero-order valence-corrected chi connectivity index (χ0v) is 14.4. The summed E-state index contributed by atoms with van der Waals surface area (Å²) in [5, 5.41) is 7.77. The van der Waals surface area contributed by atoms with Gasteiger partial charge in [0.25, 0.3) is 5.78 Å². The molecule has 2 aromatic rings. The minimum absolute atomic E-state index is 0.288. The van der Waals surface area contributed by atoms with Crippen molar-refractivity contribution >= 4 is 11.6 Å². The van der Waals surface area contributed by atoms with E-state index in [1.54, 1.807) is 10.8 Å². The lowest BCUT2D eigenvalue weighted by molar-refractivity contribution is -0.0769. The first-order chi connectivity index (χ1) is 11.1. The molecule has 23 heavy (non-hydrogen) atoms. The Balaban J connectivity index is 1.69. The van der Waals surface area contributed by atoms with Gasteiger partial charge in [-0.25, -0.2) is 4.98 Å². The SMILES string of the molecule is CCc1cc(NC[C@H](C)N2C[C@@H](C)O[C@H](C)C2)n2ncnc2n1. The topological polar surface area (TPSA) is 67.6 Å². The average Bonchev–Trinajstić information content (AvgIpc) is 2.99. The highest BCUT2D eigenvalue weighted by molar-refractivity contribution is 5.45. The number of aromatic nitrogens is 4. The van der Waals surface area contributed by atoms with Crippen molar-refractivity contribution in [3.8, 4) is 0 Å². The molecule has 7 heteroatoms. The highest BCUT2D eigenvalue weighted by atomic mass is 16.5. The molecule has 0 spiro atoms. The molecule has 0 bridgehead atoms.